The first-order chi connectivity index (χ1) is 8.54. The van der Waals surface area contributed by atoms with Gasteiger partial charge in [0.15, 0.2) is 5.76 Å². The second kappa shape index (κ2) is 7.10. The molecule has 0 aliphatic carbocycles. The van der Waals surface area contributed by atoms with Gasteiger partial charge in [0.2, 0.25) is 0 Å². The molecule has 1 aromatic rings. The Morgan fingerprint density at radius 1 is 1.50 bits per heavy atom. The molecule has 2 N–H and O–H groups in total. The van der Waals surface area contributed by atoms with E-state index < -0.39 is 11.9 Å². The third-order valence-electron chi connectivity index (χ3n) is 2.46. The normalized spacial score (nSPS) is 12.1. The van der Waals surface area contributed by atoms with Crippen molar-refractivity contribution < 1.29 is 19.1 Å². The summed E-state index contributed by atoms with van der Waals surface area (Å²) in [6.07, 6.45) is 2.36. The average Bonchev–Trinajstić information content (AvgIpc) is 2.77. The Morgan fingerprint density at radius 2 is 2.22 bits per heavy atom. The van der Waals surface area contributed by atoms with E-state index in [0.29, 0.717) is 13.0 Å². The van der Waals surface area contributed by atoms with Crippen LogP contribution in [0.25, 0.3) is 0 Å². The predicted octanol–water partition coefficient (Wildman–Crippen LogP) is 1.98. The SMILES string of the molecule is CSCc1ccc(C(=O)NCCC(C)C(=O)O)o1. The maximum absolute atomic E-state index is 11.7. The predicted molar refractivity (Wildman–Crippen MR) is 69.7 cm³/mol. The highest BCUT2D eigenvalue weighted by Gasteiger charge is 2.13. The van der Waals surface area contributed by atoms with Crippen LogP contribution in [0, 0.1) is 5.92 Å². The van der Waals surface area contributed by atoms with E-state index in [4.69, 9.17) is 9.52 Å². The number of carbonyl (C=O) groups excluding carboxylic acids is 1. The Bertz CT molecular complexity index is 416. The molecule has 0 aliphatic heterocycles. The molecule has 0 spiro atoms. The number of carbonyl (C=O) groups is 2. The largest absolute Gasteiger partial charge is 0.481 e. The van der Waals surface area contributed by atoms with E-state index in [1.54, 1.807) is 30.8 Å². The fraction of sp³-hybridized carbons (Fsp3) is 0.500. The minimum absolute atomic E-state index is 0.266. The van der Waals surface area contributed by atoms with E-state index in [2.05, 4.69) is 5.32 Å². The average molecular weight is 271 g/mol. The van der Waals surface area contributed by atoms with Crippen LogP contribution in [0.5, 0.6) is 0 Å². The van der Waals surface area contributed by atoms with Crippen molar-refractivity contribution in [1.29, 1.82) is 0 Å². The quantitative estimate of drug-likeness (QED) is 0.792. The number of carboxylic acids is 1. The van der Waals surface area contributed by atoms with Crippen LogP contribution in [0.3, 0.4) is 0 Å². The van der Waals surface area contributed by atoms with Crippen molar-refractivity contribution in [2.45, 2.75) is 19.1 Å². The summed E-state index contributed by atoms with van der Waals surface area (Å²) in [5.74, 6) is 0.121. The van der Waals surface area contributed by atoms with Gasteiger partial charge >= 0.3 is 5.97 Å². The molecule has 0 aliphatic rings. The van der Waals surface area contributed by atoms with Gasteiger partial charge in [-0.05, 0) is 24.8 Å². The third kappa shape index (κ3) is 4.44. The standard InChI is InChI=1S/C12H17NO4S/c1-8(12(15)16)5-6-13-11(14)10-4-3-9(17-10)7-18-2/h3-4,8H,5-7H2,1-2H3,(H,13,14)(H,15,16). The highest BCUT2D eigenvalue weighted by molar-refractivity contribution is 7.97. The van der Waals surface area contributed by atoms with Gasteiger partial charge in [0.1, 0.15) is 5.76 Å². The lowest BCUT2D eigenvalue weighted by Gasteiger charge is -2.06. The van der Waals surface area contributed by atoms with Crippen molar-refractivity contribution >= 4 is 23.6 Å². The molecule has 5 nitrogen and oxygen atoms in total. The van der Waals surface area contributed by atoms with E-state index in [0.717, 1.165) is 11.5 Å². The molecule has 1 rings (SSSR count). The summed E-state index contributed by atoms with van der Waals surface area (Å²) in [6.45, 7) is 1.93. The molecule has 0 fully saturated rings. The summed E-state index contributed by atoms with van der Waals surface area (Å²) in [5, 5.41) is 11.3. The molecular formula is C12H17NO4S. The molecule has 1 aromatic heterocycles. The Balaban J connectivity index is 2.38. The Hall–Kier alpha value is -1.43. The van der Waals surface area contributed by atoms with Gasteiger partial charge < -0.3 is 14.8 Å². The molecule has 18 heavy (non-hydrogen) atoms. The molecule has 1 atom stereocenters. The lowest BCUT2D eigenvalue weighted by atomic mass is 10.1. The van der Waals surface area contributed by atoms with E-state index in [-0.39, 0.29) is 11.7 Å². The number of hydrogen-bond donors (Lipinski definition) is 2. The fourth-order valence-corrected chi connectivity index (χ4v) is 1.77. The van der Waals surface area contributed by atoms with Crippen LogP contribution in [0.15, 0.2) is 16.5 Å². The number of nitrogens with one attached hydrogen (secondary N) is 1. The van der Waals surface area contributed by atoms with Crippen LogP contribution in [-0.4, -0.2) is 29.8 Å². The smallest absolute Gasteiger partial charge is 0.306 e. The molecule has 1 amide bonds. The van der Waals surface area contributed by atoms with Crippen LogP contribution in [0.1, 0.15) is 29.7 Å². The summed E-state index contributed by atoms with van der Waals surface area (Å²) >= 11 is 1.61. The highest BCUT2D eigenvalue weighted by atomic mass is 32.2. The fourth-order valence-electron chi connectivity index (χ4n) is 1.33. The molecule has 0 saturated heterocycles. The van der Waals surface area contributed by atoms with Crippen LogP contribution in [0.2, 0.25) is 0 Å². The van der Waals surface area contributed by atoms with Crippen LogP contribution >= 0.6 is 11.8 Å². The zero-order valence-electron chi connectivity index (χ0n) is 10.4. The third-order valence-corrected chi connectivity index (χ3v) is 3.03. The zero-order chi connectivity index (χ0) is 13.5. The number of aliphatic carboxylic acids is 1. The van der Waals surface area contributed by atoms with Gasteiger partial charge in [-0.25, -0.2) is 0 Å². The molecule has 0 bridgehead atoms. The highest BCUT2D eigenvalue weighted by Crippen LogP contribution is 2.13. The minimum Gasteiger partial charge on any atom is -0.481 e. The molecule has 0 aromatic carbocycles. The van der Waals surface area contributed by atoms with E-state index >= 15 is 0 Å². The summed E-state index contributed by atoms with van der Waals surface area (Å²) in [7, 11) is 0. The number of carboxylic acid groups (broad SMARTS) is 1. The first-order valence-corrected chi connectivity index (χ1v) is 7.02. The van der Waals surface area contributed by atoms with E-state index in [1.807, 2.05) is 6.26 Å². The second-order valence-electron chi connectivity index (χ2n) is 3.98. The maximum Gasteiger partial charge on any atom is 0.306 e. The summed E-state index contributed by atoms with van der Waals surface area (Å²) < 4.78 is 5.34. The number of furan rings is 1. The van der Waals surface area contributed by atoms with Crippen LogP contribution < -0.4 is 5.32 Å². The van der Waals surface area contributed by atoms with Crippen molar-refractivity contribution in [1.82, 2.24) is 5.32 Å². The maximum atomic E-state index is 11.7. The number of amides is 1. The lowest BCUT2D eigenvalue weighted by molar-refractivity contribution is -0.141. The van der Waals surface area contributed by atoms with Crippen molar-refractivity contribution in [3.05, 3.63) is 23.7 Å². The Labute approximate surface area is 110 Å². The summed E-state index contributed by atoms with van der Waals surface area (Å²) in [5.41, 5.74) is 0. The van der Waals surface area contributed by atoms with Crippen LogP contribution in [-0.2, 0) is 10.5 Å². The van der Waals surface area contributed by atoms with E-state index in [9.17, 15) is 9.59 Å². The molecular weight excluding hydrogens is 254 g/mol. The summed E-state index contributed by atoms with van der Waals surface area (Å²) in [6, 6.07) is 3.40. The van der Waals surface area contributed by atoms with Gasteiger partial charge in [-0.3, -0.25) is 9.59 Å². The van der Waals surface area contributed by atoms with Gasteiger partial charge in [0.25, 0.3) is 5.91 Å². The van der Waals surface area contributed by atoms with Crippen molar-refractivity contribution in [3.63, 3.8) is 0 Å². The first-order valence-electron chi connectivity index (χ1n) is 5.63. The monoisotopic (exact) mass is 271 g/mol. The Morgan fingerprint density at radius 3 is 2.83 bits per heavy atom. The molecule has 100 valence electrons. The Kier molecular flexibility index (Phi) is 5.77. The molecule has 0 saturated carbocycles. The molecule has 1 heterocycles. The molecule has 0 radical (unpaired) electrons. The number of thioether (sulfide) groups is 1. The molecule has 1 unspecified atom stereocenters. The number of rotatable bonds is 7. The van der Waals surface area contributed by atoms with Gasteiger partial charge in [-0.15, -0.1) is 0 Å². The van der Waals surface area contributed by atoms with Crippen molar-refractivity contribution in [3.8, 4) is 0 Å². The van der Waals surface area contributed by atoms with Gasteiger partial charge in [-0.2, -0.15) is 11.8 Å². The van der Waals surface area contributed by atoms with Gasteiger partial charge in [0, 0.05) is 6.54 Å². The van der Waals surface area contributed by atoms with E-state index in [1.165, 1.54) is 0 Å². The zero-order valence-corrected chi connectivity index (χ0v) is 11.3. The first kappa shape index (κ1) is 14.6. The van der Waals surface area contributed by atoms with Crippen LogP contribution in [0.4, 0.5) is 0 Å². The molecule has 6 heteroatoms. The number of hydrogen-bond acceptors (Lipinski definition) is 4. The van der Waals surface area contributed by atoms with Crippen molar-refractivity contribution in [2.75, 3.05) is 12.8 Å². The second-order valence-corrected chi connectivity index (χ2v) is 4.85. The summed E-state index contributed by atoms with van der Waals surface area (Å²) in [4.78, 5) is 22.2. The van der Waals surface area contributed by atoms with Gasteiger partial charge in [0.05, 0.1) is 11.7 Å². The lowest BCUT2D eigenvalue weighted by Crippen LogP contribution is -2.26. The van der Waals surface area contributed by atoms with Gasteiger partial charge in [-0.1, -0.05) is 6.92 Å². The topological polar surface area (TPSA) is 79.5 Å². The van der Waals surface area contributed by atoms with Crippen molar-refractivity contribution in [2.24, 2.45) is 5.92 Å². The minimum atomic E-state index is -0.857.